The lowest BCUT2D eigenvalue weighted by Crippen LogP contribution is -2.56. The molecule has 0 aliphatic heterocycles. The van der Waals surface area contributed by atoms with E-state index in [9.17, 15) is 35.7 Å². The molecule has 0 spiro atoms. The van der Waals surface area contributed by atoms with Gasteiger partial charge in [0.1, 0.15) is 42.7 Å². The molecule has 0 radical (unpaired) electrons. The molecule has 0 fully saturated rings. The fourth-order valence-corrected chi connectivity index (χ4v) is 1.58. The predicted octanol–water partition coefficient (Wildman–Crippen LogP) is -4.73. The van der Waals surface area contributed by atoms with E-state index in [0.29, 0.717) is 0 Å². The van der Waals surface area contributed by atoms with Gasteiger partial charge in [-0.2, -0.15) is 0 Å². The Morgan fingerprint density at radius 2 is 0.500 bits per heavy atom. The highest BCUT2D eigenvalue weighted by Gasteiger charge is 2.40. The third kappa shape index (κ3) is 4.88. The molecule has 122 valence electrons. The Morgan fingerprint density at radius 1 is 0.350 bits per heavy atom. The van der Waals surface area contributed by atoms with E-state index < -0.39 is 54.9 Å². The zero-order valence-electron chi connectivity index (χ0n) is 11.2. The van der Waals surface area contributed by atoms with Crippen LogP contribution in [0.25, 0.3) is 0 Å². The van der Waals surface area contributed by atoms with Crippen molar-refractivity contribution in [3.05, 3.63) is 0 Å². The van der Waals surface area contributed by atoms with Gasteiger partial charge in [0.25, 0.3) is 0 Å². The Labute approximate surface area is 116 Å². The summed E-state index contributed by atoms with van der Waals surface area (Å²) in [5.41, 5.74) is 0. The van der Waals surface area contributed by atoms with E-state index in [2.05, 4.69) is 0 Å². The Hall–Kier alpha value is -0.360. The van der Waals surface area contributed by atoms with E-state index in [1.807, 2.05) is 0 Å². The molecule has 9 heteroatoms. The van der Waals surface area contributed by atoms with Crippen LogP contribution in [-0.2, 0) is 0 Å². The molecule has 0 aromatic carbocycles. The van der Waals surface area contributed by atoms with Gasteiger partial charge in [0.2, 0.25) is 0 Å². The van der Waals surface area contributed by atoms with Crippen LogP contribution in [0.3, 0.4) is 0 Å². The molecule has 0 aliphatic carbocycles. The third-order valence-corrected chi connectivity index (χ3v) is 3.09. The fraction of sp³-hybridized carbons (Fsp3) is 1.00. The van der Waals surface area contributed by atoms with Crippen LogP contribution in [0.4, 0.5) is 0 Å². The van der Waals surface area contributed by atoms with Gasteiger partial charge >= 0.3 is 0 Å². The Bertz CT molecular complexity index is 247. The van der Waals surface area contributed by atoms with Crippen molar-refractivity contribution in [1.29, 1.82) is 0 Å². The summed E-state index contributed by atoms with van der Waals surface area (Å²) < 4.78 is 0. The van der Waals surface area contributed by atoms with E-state index in [4.69, 9.17) is 10.2 Å². The highest BCUT2D eigenvalue weighted by Crippen LogP contribution is 2.15. The van der Waals surface area contributed by atoms with Gasteiger partial charge in [0.15, 0.2) is 0 Å². The summed E-state index contributed by atoms with van der Waals surface area (Å²) in [7, 11) is 0. The lowest BCUT2D eigenvalue weighted by atomic mass is 9.92. The maximum absolute atomic E-state index is 9.58. The first-order chi connectivity index (χ1) is 9.02. The molecule has 0 aliphatic rings. The van der Waals surface area contributed by atoms with Crippen molar-refractivity contribution in [1.82, 2.24) is 0 Å². The molecule has 8 unspecified atom stereocenters. The average molecular weight is 300 g/mol. The second-order valence-corrected chi connectivity index (χ2v) is 4.92. The molecular weight excluding hydrogens is 276 g/mol. The first-order valence-electron chi connectivity index (χ1n) is 6.15. The number of aliphatic hydroxyl groups is 9. The molecule has 20 heavy (non-hydrogen) atoms. The molecule has 0 aromatic heterocycles. The SMILES string of the molecule is CC(O)C(O)C(O)C(O)C(O)C(O)C(O)C(O)C(C)O. The van der Waals surface area contributed by atoms with Gasteiger partial charge in [-0.05, 0) is 13.8 Å². The van der Waals surface area contributed by atoms with E-state index in [1.165, 1.54) is 0 Å². The Morgan fingerprint density at radius 3 is 0.650 bits per heavy atom. The number of hydrogen-bond donors (Lipinski definition) is 9. The van der Waals surface area contributed by atoms with E-state index in [0.717, 1.165) is 13.8 Å². The number of hydrogen-bond acceptors (Lipinski definition) is 9. The van der Waals surface area contributed by atoms with Crippen LogP contribution in [0.1, 0.15) is 13.8 Å². The van der Waals surface area contributed by atoms with Crippen LogP contribution in [-0.4, -0.2) is 101 Å². The van der Waals surface area contributed by atoms with Crippen LogP contribution in [0, 0.1) is 0 Å². The lowest BCUT2D eigenvalue weighted by molar-refractivity contribution is -0.182. The second kappa shape index (κ2) is 8.17. The van der Waals surface area contributed by atoms with Gasteiger partial charge in [-0.15, -0.1) is 0 Å². The number of rotatable bonds is 8. The summed E-state index contributed by atoms with van der Waals surface area (Å²) in [6, 6.07) is 0. The topological polar surface area (TPSA) is 182 Å². The van der Waals surface area contributed by atoms with Crippen molar-refractivity contribution in [2.24, 2.45) is 0 Å². The van der Waals surface area contributed by atoms with Crippen LogP contribution in [0.15, 0.2) is 0 Å². The summed E-state index contributed by atoms with van der Waals surface area (Å²) in [5.74, 6) is 0. The maximum atomic E-state index is 9.58. The molecule has 0 bridgehead atoms. The maximum Gasteiger partial charge on any atom is 0.111 e. The van der Waals surface area contributed by atoms with Gasteiger partial charge in [0, 0.05) is 0 Å². The van der Waals surface area contributed by atoms with Crippen molar-refractivity contribution in [3.63, 3.8) is 0 Å². The first kappa shape index (κ1) is 19.6. The molecule has 0 amide bonds. The zero-order valence-corrected chi connectivity index (χ0v) is 11.2. The van der Waals surface area contributed by atoms with Gasteiger partial charge in [-0.3, -0.25) is 0 Å². The van der Waals surface area contributed by atoms with Crippen LogP contribution in [0.5, 0.6) is 0 Å². The first-order valence-corrected chi connectivity index (χ1v) is 6.15. The molecule has 0 heterocycles. The summed E-state index contributed by atoms with van der Waals surface area (Å²) >= 11 is 0. The van der Waals surface area contributed by atoms with Crippen molar-refractivity contribution < 1.29 is 46.0 Å². The largest absolute Gasteiger partial charge is 0.391 e. The van der Waals surface area contributed by atoms with Crippen molar-refractivity contribution >= 4 is 0 Å². The van der Waals surface area contributed by atoms with Gasteiger partial charge in [-0.1, -0.05) is 0 Å². The summed E-state index contributed by atoms with van der Waals surface area (Å²) in [6.45, 7) is 2.27. The van der Waals surface area contributed by atoms with Crippen molar-refractivity contribution in [3.8, 4) is 0 Å². The smallest absolute Gasteiger partial charge is 0.111 e. The molecule has 0 rings (SSSR count). The minimum Gasteiger partial charge on any atom is -0.391 e. The van der Waals surface area contributed by atoms with Crippen LogP contribution in [0.2, 0.25) is 0 Å². The summed E-state index contributed by atoms with van der Waals surface area (Å²) in [6.07, 6.45) is -16.7. The summed E-state index contributed by atoms with van der Waals surface area (Å²) in [4.78, 5) is 0. The standard InChI is InChI=1S/C11H24O9/c1-3(12)5(14)7(16)9(18)11(20)10(19)8(17)6(15)4(2)13/h3-20H,1-2H3. The van der Waals surface area contributed by atoms with E-state index in [1.54, 1.807) is 0 Å². The highest BCUT2D eigenvalue weighted by molar-refractivity contribution is 4.91. The molecule has 0 aromatic rings. The van der Waals surface area contributed by atoms with Gasteiger partial charge in [-0.25, -0.2) is 0 Å². The normalized spacial score (nSPS) is 25.9. The van der Waals surface area contributed by atoms with Gasteiger partial charge in [0.05, 0.1) is 12.2 Å². The predicted molar refractivity (Wildman–Crippen MR) is 65.4 cm³/mol. The van der Waals surface area contributed by atoms with Gasteiger partial charge < -0.3 is 46.0 Å². The Kier molecular flexibility index (Phi) is 8.03. The van der Waals surface area contributed by atoms with Crippen LogP contribution < -0.4 is 0 Å². The molecule has 0 saturated carbocycles. The number of aliphatic hydroxyl groups excluding tert-OH is 9. The van der Waals surface area contributed by atoms with Crippen LogP contribution >= 0.6 is 0 Å². The molecule has 9 nitrogen and oxygen atoms in total. The quantitative estimate of drug-likeness (QED) is 0.212. The highest BCUT2D eigenvalue weighted by atomic mass is 16.4. The van der Waals surface area contributed by atoms with E-state index in [-0.39, 0.29) is 0 Å². The average Bonchev–Trinajstić information content (AvgIpc) is 2.40. The third-order valence-electron chi connectivity index (χ3n) is 3.09. The molecule has 9 N–H and O–H groups in total. The molecule has 0 saturated heterocycles. The Balaban J connectivity index is 4.75. The van der Waals surface area contributed by atoms with Crippen molar-refractivity contribution in [2.45, 2.75) is 68.8 Å². The van der Waals surface area contributed by atoms with E-state index >= 15 is 0 Å². The zero-order chi connectivity index (χ0) is 16.2. The monoisotopic (exact) mass is 300 g/mol. The molecule has 8 atom stereocenters. The lowest BCUT2D eigenvalue weighted by Gasteiger charge is -2.33. The summed E-state index contributed by atoms with van der Waals surface area (Å²) in [5, 5.41) is 84.4. The molecular formula is C11H24O9. The second-order valence-electron chi connectivity index (χ2n) is 4.92. The fourth-order valence-electron chi connectivity index (χ4n) is 1.58. The minimum absolute atomic E-state index is 1.13. The minimum atomic E-state index is -2.12. The van der Waals surface area contributed by atoms with Crippen molar-refractivity contribution in [2.75, 3.05) is 0 Å².